The van der Waals surface area contributed by atoms with Crippen molar-refractivity contribution in [3.63, 3.8) is 0 Å². The monoisotopic (exact) mass is 379 g/mol. The SMILES string of the molecule is COc1ccc(F)c(CN2CCCC(O)(CN3CCNC(=O)CC3)C2=O)c1. The van der Waals surface area contributed by atoms with Crippen LogP contribution >= 0.6 is 0 Å². The Morgan fingerprint density at radius 2 is 2.11 bits per heavy atom. The van der Waals surface area contributed by atoms with E-state index >= 15 is 0 Å². The van der Waals surface area contributed by atoms with E-state index in [4.69, 9.17) is 4.74 Å². The zero-order valence-electron chi connectivity index (χ0n) is 15.5. The quantitative estimate of drug-likeness (QED) is 0.779. The number of hydrogen-bond donors (Lipinski definition) is 2. The molecule has 3 rings (SSSR count). The highest BCUT2D eigenvalue weighted by molar-refractivity contribution is 5.86. The minimum Gasteiger partial charge on any atom is -0.497 e. The van der Waals surface area contributed by atoms with Gasteiger partial charge in [-0.3, -0.25) is 14.5 Å². The zero-order chi connectivity index (χ0) is 19.4. The van der Waals surface area contributed by atoms with Crippen LogP contribution in [0.2, 0.25) is 0 Å². The molecule has 0 saturated carbocycles. The number of carbonyl (C=O) groups excluding carboxylic acids is 2. The van der Waals surface area contributed by atoms with Gasteiger partial charge in [-0.2, -0.15) is 0 Å². The number of nitrogens with one attached hydrogen (secondary N) is 1. The van der Waals surface area contributed by atoms with Crippen molar-refractivity contribution < 1.29 is 23.8 Å². The van der Waals surface area contributed by atoms with E-state index < -0.39 is 11.4 Å². The van der Waals surface area contributed by atoms with Crippen LogP contribution in [0.5, 0.6) is 5.75 Å². The summed E-state index contributed by atoms with van der Waals surface area (Å²) in [6.45, 7) is 2.33. The summed E-state index contributed by atoms with van der Waals surface area (Å²) in [5, 5.41) is 13.8. The lowest BCUT2D eigenvalue weighted by molar-refractivity contribution is -0.160. The number of methoxy groups -OCH3 is 1. The Morgan fingerprint density at radius 1 is 1.30 bits per heavy atom. The average molecular weight is 379 g/mol. The normalized spacial score (nSPS) is 24.5. The fraction of sp³-hybridized carbons (Fsp3) is 0.579. The first-order valence-electron chi connectivity index (χ1n) is 9.24. The third kappa shape index (κ3) is 4.56. The minimum atomic E-state index is -1.51. The maximum absolute atomic E-state index is 14.1. The van der Waals surface area contributed by atoms with Gasteiger partial charge < -0.3 is 20.1 Å². The summed E-state index contributed by atoms with van der Waals surface area (Å²) in [5.74, 6) is -0.295. The van der Waals surface area contributed by atoms with Crippen LogP contribution in [0, 0.1) is 5.82 Å². The van der Waals surface area contributed by atoms with Crippen LogP contribution in [0.3, 0.4) is 0 Å². The number of rotatable bonds is 5. The molecule has 2 heterocycles. The molecule has 2 saturated heterocycles. The van der Waals surface area contributed by atoms with Gasteiger partial charge in [0, 0.05) is 51.3 Å². The van der Waals surface area contributed by atoms with Gasteiger partial charge in [-0.1, -0.05) is 0 Å². The summed E-state index contributed by atoms with van der Waals surface area (Å²) in [5.41, 5.74) is -1.16. The summed E-state index contributed by atoms with van der Waals surface area (Å²) in [7, 11) is 1.50. The Bertz CT molecular complexity index is 714. The summed E-state index contributed by atoms with van der Waals surface area (Å²) in [6, 6.07) is 4.42. The second-order valence-electron chi connectivity index (χ2n) is 7.20. The van der Waals surface area contributed by atoms with Gasteiger partial charge in [0.2, 0.25) is 5.91 Å². The fourth-order valence-electron chi connectivity index (χ4n) is 3.71. The van der Waals surface area contributed by atoms with Crippen molar-refractivity contribution in [2.45, 2.75) is 31.4 Å². The standard InChI is InChI=1S/C19H26FN3O4/c1-27-15-3-4-16(20)14(11-15)12-23-8-2-6-19(26,18(23)25)13-22-9-5-17(24)21-7-10-22/h3-4,11,26H,2,5-10,12-13H2,1H3,(H,21,24). The Morgan fingerprint density at radius 3 is 2.89 bits per heavy atom. The lowest BCUT2D eigenvalue weighted by Crippen LogP contribution is -2.58. The first kappa shape index (κ1) is 19.6. The molecule has 1 aromatic rings. The van der Waals surface area contributed by atoms with Crippen LogP contribution in [-0.4, -0.2) is 72.2 Å². The van der Waals surface area contributed by atoms with Gasteiger partial charge in [-0.25, -0.2) is 4.39 Å². The van der Waals surface area contributed by atoms with E-state index in [0.717, 1.165) is 0 Å². The molecule has 27 heavy (non-hydrogen) atoms. The van der Waals surface area contributed by atoms with Crippen LogP contribution in [0.1, 0.15) is 24.8 Å². The van der Waals surface area contributed by atoms with Gasteiger partial charge in [-0.05, 0) is 31.0 Å². The number of nitrogens with zero attached hydrogens (tertiary/aromatic N) is 2. The summed E-state index contributed by atoms with van der Waals surface area (Å²) in [4.78, 5) is 27.9. The van der Waals surface area contributed by atoms with Crippen LogP contribution < -0.4 is 10.1 Å². The van der Waals surface area contributed by atoms with E-state index in [2.05, 4.69) is 5.32 Å². The Labute approximate surface area is 158 Å². The molecule has 0 bridgehead atoms. The maximum Gasteiger partial charge on any atom is 0.256 e. The number of likely N-dealkylation sites (tertiary alicyclic amines) is 1. The van der Waals surface area contributed by atoms with Crippen molar-refractivity contribution in [2.24, 2.45) is 0 Å². The zero-order valence-corrected chi connectivity index (χ0v) is 15.5. The molecule has 7 nitrogen and oxygen atoms in total. The number of ether oxygens (including phenoxy) is 1. The fourth-order valence-corrected chi connectivity index (χ4v) is 3.71. The average Bonchev–Trinajstić information content (AvgIpc) is 2.85. The molecule has 2 fully saturated rings. The summed E-state index contributed by atoms with van der Waals surface area (Å²) in [6.07, 6.45) is 1.35. The van der Waals surface area contributed by atoms with Crippen molar-refractivity contribution in [1.82, 2.24) is 15.1 Å². The molecular weight excluding hydrogens is 353 g/mol. The third-order valence-electron chi connectivity index (χ3n) is 5.21. The van der Waals surface area contributed by atoms with Gasteiger partial charge in [-0.15, -0.1) is 0 Å². The molecule has 148 valence electrons. The lowest BCUT2D eigenvalue weighted by Gasteiger charge is -2.40. The number of aliphatic hydroxyl groups is 1. The van der Waals surface area contributed by atoms with E-state index in [9.17, 15) is 19.1 Å². The molecule has 0 aromatic heterocycles. The molecule has 0 spiro atoms. The molecule has 1 atom stereocenters. The molecule has 2 aliphatic heterocycles. The Kier molecular flexibility index (Phi) is 5.96. The number of hydrogen-bond acceptors (Lipinski definition) is 5. The van der Waals surface area contributed by atoms with Gasteiger partial charge in [0.15, 0.2) is 5.60 Å². The Balaban J connectivity index is 1.70. The van der Waals surface area contributed by atoms with E-state index in [0.29, 0.717) is 56.8 Å². The predicted molar refractivity (Wildman–Crippen MR) is 96.6 cm³/mol. The second-order valence-corrected chi connectivity index (χ2v) is 7.20. The van der Waals surface area contributed by atoms with Crippen LogP contribution in [0.4, 0.5) is 4.39 Å². The largest absolute Gasteiger partial charge is 0.497 e. The molecule has 1 unspecified atom stereocenters. The lowest BCUT2D eigenvalue weighted by atomic mass is 9.90. The highest BCUT2D eigenvalue weighted by Crippen LogP contribution is 2.27. The number of carbonyl (C=O) groups is 2. The number of halogens is 1. The smallest absolute Gasteiger partial charge is 0.256 e. The van der Waals surface area contributed by atoms with Gasteiger partial charge >= 0.3 is 0 Å². The molecule has 1 aromatic carbocycles. The highest BCUT2D eigenvalue weighted by Gasteiger charge is 2.43. The summed E-state index contributed by atoms with van der Waals surface area (Å²) >= 11 is 0. The molecule has 2 amide bonds. The first-order chi connectivity index (χ1) is 12.9. The molecule has 2 N–H and O–H groups in total. The number of amides is 2. The second kappa shape index (κ2) is 8.22. The van der Waals surface area contributed by atoms with Crippen molar-refractivity contribution in [3.05, 3.63) is 29.6 Å². The maximum atomic E-state index is 14.1. The highest BCUT2D eigenvalue weighted by atomic mass is 19.1. The van der Waals surface area contributed by atoms with Gasteiger partial charge in [0.25, 0.3) is 5.91 Å². The van der Waals surface area contributed by atoms with E-state index in [1.54, 1.807) is 6.07 Å². The van der Waals surface area contributed by atoms with Crippen LogP contribution in [0.15, 0.2) is 18.2 Å². The molecule has 2 aliphatic rings. The topological polar surface area (TPSA) is 82.1 Å². The van der Waals surface area contributed by atoms with E-state index in [1.807, 2.05) is 4.90 Å². The molecular formula is C19H26FN3O4. The first-order valence-corrected chi connectivity index (χ1v) is 9.24. The minimum absolute atomic E-state index is 0.0189. The molecule has 8 heteroatoms. The Hall–Kier alpha value is -2.19. The number of β-amino-alcohol motifs (C(OH)–C–C–N with tert-alkyl or cyclic N) is 1. The molecule has 0 aliphatic carbocycles. The summed E-state index contributed by atoms with van der Waals surface area (Å²) < 4.78 is 19.3. The number of benzene rings is 1. The molecule has 0 radical (unpaired) electrons. The predicted octanol–water partition coefficient (Wildman–Crippen LogP) is 0.510. The van der Waals surface area contributed by atoms with Crippen LogP contribution in [0.25, 0.3) is 0 Å². The third-order valence-corrected chi connectivity index (χ3v) is 5.21. The van der Waals surface area contributed by atoms with E-state index in [1.165, 1.54) is 24.1 Å². The van der Waals surface area contributed by atoms with Crippen molar-refractivity contribution in [3.8, 4) is 5.75 Å². The van der Waals surface area contributed by atoms with Crippen molar-refractivity contribution in [1.29, 1.82) is 0 Å². The number of piperidine rings is 1. The van der Waals surface area contributed by atoms with Crippen molar-refractivity contribution >= 4 is 11.8 Å². The van der Waals surface area contributed by atoms with Crippen molar-refractivity contribution in [2.75, 3.05) is 39.8 Å². The van der Waals surface area contributed by atoms with Crippen LogP contribution in [-0.2, 0) is 16.1 Å². The van der Waals surface area contributed by atoms with Gasteiger partial charge in [0.05, 0.1) is 7.11 Å². The van der Waals surface area contributed by atoms with Gasteiger partial charge in [0.1, 0.15) is 11.6 Å². The van der Waals surface area contributed by atoms with E-state index in [-0.39, 0.29) is 24.9 Å².